The maximum atomic E-state index is 13.2. The summed E-state index contributed by atoms with van der Waals surface area (Å²) in [7, 11) is 1.57. The third kappa shape index (κ3) is 5.19. The third-order valence-electron chi connectivity index (χ3n) is 5.92. The van der Waals surface area contributed by atoms with Crippen LogP contribution < -0.4 is 9.47 Å². The van der Waals surface area contributed by atoms with Crippen LogP contribution in [0.5, 0.6) is 11.5 Å². The number of hydrogen-bond donors (Lipinski definition) is 1. The van der Waals surface area contributed by atoms with E-state index in [9.17, 15) is 14.7 Å². The van der Waals surface area contributed by atoms with Crippen molar-refractivity contribution in [1.29, 1.82) is 0 Å². The normalized spacial score (nSPS) is 17.0. The van der Waals surface area contributed by atoms with E-state index < -0.39 is 17.7 Å². The van der Waals surface area contributed by atoms with Crippen molar-refractivity contribution in [3.05, 3.63) is 95.3 Å². The summed E-state index contributed by atoms with van der Waals surface area (Å²) < 4.78 is 11.0. The Morgan fingerprint density at radius 3 is 2.54 bits per heavy atom. The van der Waals surface area contributed by atoms with Gasteiger partial charge in [0.1, 0.15) is 17.3 Å². The van der Waals surface area contributed by atoms with Gasteiger partial charge in [0.25, 0.3) is 11.7 Å². The van der Waals surface area contributed by atoms with Gasteiger partial charge < -0.3 is 19.5 Å². The second-order valence-corrected chi connectivity index (χ2v) is 8.29. The number of amides is 1. The number of nitrogens with zero attached hydrogens (tertiary/aromatic N) is 2. The molecular formula is C28H28N2O5. The Kier molecular flexibility index (Phi) is 7.45. The van der Waals surface area contributed by atoms with Crippen LogP contribution in [0.25, 0.3) is 5.76 Å². The number of hydrogen-bond acceptors (Lipinski definition) is 6. The van der Waals surface area contributed by atoms with Crippen LogP contribution in [0.1, 0.15) is 42.5 Å². The van der Waals surface area contributed by atoms with Gasteiger partial charge in [0, 0.05) is 24.5 Å². The molecule has 1 aromatic heterocycles. The minimum Gasteiger partial charge on any atom is -0.507 e. The van der Waals surface area contributed by atoms with Gasteiger partial charge >= 0.3 is 0 Å². The molecule has 1 atom stereocenters. The molecule has 4 rings (SSSR count). The molecule has 7 nitrogen and oxygen atoms in total. The van der Waals surface area contributed by atoms with Crippen LogP contribution in [0.3, 0.4) is 0 Å². The molecule has 1 aliphatic rings. The average Bonchev–Trinajstić information content (AvgIpc) is 3.14. The zero-order chi connectivity index (χ0) is 24.8. The minimum absolute atomic E-state index is 0.0368. The van der Waals surface area contributed by atoms with Crippen molar-refractivity contribution in [2.45, 2.75) is 32.4 Å². The van der Waals surface area contributed by atoms with Crippen molar-refractivity contribution >= 4 is 17.4 Å². The fourth-order valence-electron chi connectivity index (χ4n) is 4.09. The lowest BCUT2D eigenvalue weighted by Gasteiger charge is -2.25. The molecule has 0 saturated carbocycles. The van der Waals surface area contributed by atoms with E-state index >= 15 is 0 Å². The fraction of sp³-hybridized carbons (Fsp3) is 0.250. The number of benzene rings is 2. The molecule has 35 heavy (non-hydrogen) atoms. The second-order valence-electron chi connectivity index (χ2n) is 8.29. The van der Waals surface area contributed by atoms with Crippen molar-refractivity contribution in [1.82, 2.24) is 9.88 Å². The lowest BCUT2D eigenvalue weighted by molar-refractivity contribution is -0.140. The third-order valence-corrected chi connectivity index (χ3v) is 5.92. The van der Waals surface area contributed by atoms with Gasteiger partial charge in [-0.05, 0) is 47.9 Å². The first-order valence-electron chi connectivity index (χ1n) is 11.6. The topological polar surface area (TPSA) is 89.0 Å². The minimum atomic E-state index is -0.772. The van der Waals surface area contributed by atoms with Crippen LogP contribution in [0.15, 0.2) is 78.6 Å². The van der Waals surface area contributed by atoms with Crippen LogP contribution in [-0.2, 0) is 16.1 Å². The summed E-state index contributed by atoms with van der Waals surface area (Å²) >= 11 is 0. The summed E-state index contributed by atoms with van der Waals surface area (Å²) in [6.45, 7) is 2.81. The second kappa shape index (κ2) is 10.9. The van der Waals surface area contributed by atoms with Gasteiger partial charge in [-0.25, -0.2) is 0 Å². The number of ketones is 1. The first-order valence-corrected chi connectivity index (χ1v) is 11.6. The predicted molar refractivity (Wildman–Crippen MR) is 132 cm³/mol. The smallest absolute Gasteiger partial charge is 0.295 e. The van der Waals surface area contributed by atoms with E-state index in [1.807, 2.05) is 6.07 Å². The molecule has 3 aromatic rings. The maximum Gasteiger partial charge on any atom is 0.295 e. The molecule has 1 fully saturated rings. The predicted octanol–water partition coefficient (Wildman–Crippen LogP) is 4.89. The number of rotatable bonds is 9. The molecular weight excluding hydrogens is 444 g/mol. The molecule has 2 aromatic carbocycles. The molecule has 0 bridgehead atoms. The highest BCUT2D eigenvalue weighted by atomic mass is 16.5. The number of aromatic nitrogens is 1. The molecule has 1 unspecified atom stereocenters. The van der Waals surface area contributed by atoms with E-state index in [1.165, 1.54) is 4.90 Å². The van der Waals surface area contributed by atoms with E-state index in [4.69, 9.17) is 9.47 Å². The molecule has 1 aliphatic heterocycles. The average molecular weight is 473 g/mol. The number of carbonyl (C=O) groups is 2. The summed E-state index contributed by atoms with van der Waals surface area (Å²) in [5.74, 6) is -0.405. The van der Waals surface area contributed by atoms with Gasteiger partial charge in [-0.2, -0.15) is 0 Å². The fourth-order valence-corrected chi connectivity index (χ4v) is 4.09. The first-order chi connectivity index (χ1) is 17.0. The van der Waals surface area contributed by atoms with Crippen LogP contribution in [-0.4, -0.2) is 40.4 Å². The molecule has 0 spiro atoms. The number of aliphatic hydroxyl groups excluding tert-OH is 1. The van der Waals surface area contributed by atoms with E-state index in [0.29, 0.717) is 29.2 Å². The number of unbranched alkanes of at least 4 members (excludes halogenated alkanes) is 1. The van der Waals surface area contributed by atoms with Crippen molar-refractivity contribution < 1.29 is 24.2 Å². The monoisotopic (exact) mass is 472 g/mol. The largest absolute Gasteiger partial charge is 0.507 e. The van der Waals surface area contributed by atoms with Crippen molar-refractivity contribution in [3.63, 3.8) is 0 Å². The Balaban J connectivity index is 1.78. The Morgan fingerprint density at radius 1 is 1.06 bits per heavy atom. The lowest BCUT2D eigenvalue weighted by atomic mass is 9.95. The van der Waals surface area contributed by atoms with Gasteiger partial charge in [0.05, 0.1) is 25.3 Å². The van der Waals surface area contributed by atoms with Crippen molar-refractivity contribution in [2.24, 2.45) is 0 Å². The van der Waals surface area contributed by atoms with E-state index in [2.05, 4.69) is 11.9 Å². The lowest BCUT2D eigenvalue weighted by Crippen LogP contribution is -2.29. The van der Waals surface area contributed by atoms with Gasteiger partial charge in [-0.3, -0.25) is 14.6 Å². The van der Waals surface area contributed by atoms with Crippen molar-refractivity contribution in [3.8, 4) is 11.5 Å². The number of pyridine rings is 1. The molecule has 1 amide bonds. The maximum absolute atomic E-state index is 13.2. The molecule has 2 heterocycles. The molecule has 0 aliphatic carbocycles. The molecule has 7 heteroatoms. The molecule has 1 N–H and O–H groups in total. The first kappa shape index (κ1) is 24.0. The number of aliphatic hydroxyl groups is 1. The highest BCUT2D eigenvalue weighted by Gasteiger charge is 2.46. The summed E-state index contributed by atoms with van der Waals surface area (Å²) in [5, 5.41) is 11.3. The zero-order valence-corrected chi connectivity index (χ0v) is 19.8. The zero-order valence-electron chi connectivity index (χ0n) is 19.8. The van der Waals surface area contributed by atoms with E-state index in [-0.39, 0.29) is 17.9 Å². The van der Waals surface area contributed by atoms with E-state index in [1.54, 1.807) is 74.1 Å². The van der Waals surface area contributed by atoms with Gasteiger partial charge in [-0.1, -0.05) is 43.7 Å². The summed E-state index contributed by atoms with van der Waals surface area (Å²) in [4.78, 5) is 32.0. The number of Topliss-reactive ketones (excluding diaryl/α,β-unsaturated/α-hetero) is 1. The van der Waals surface area contributed by atoms with Crippen LogP contribution in [0.2, 0.25) is 0 Å². The van der Waals surface area contributed by atoms with Gasteiger partial charge in [0.2, 0.25) is 0 Å². The quantitative estimate of drug-likeness (QED) is 0.206. The van der Waals surface area contributed by atoms with Gasteiger partial charge in [-0.15, -0.1) is 0 Å². The molecule has 1 saturated heterocycles. The summed E-state index contributed by atoms with van der Waals surface area (Å²) in [6, 6.07) is 16.9. The Labute approximate surface area is 204 Å². The number of ether oxygens (including phenoxy) is 2. The number of likely N-dealkylation sites (tertiary alicyclic amines) is 1. The van der Waals surface area contributed by atoms with E-state index in [0.717, 1.165) is 18.4 Å². The number of methoxy groups -OCH3 is 1. The Hall–Kier alpha value is -4.13. The Morgan fingerprint density at radius 2 is 1.86 bits per heavy atom. The van der Waals surface area contributed by atoms with Crippen LogP contribution >= 0.6 is 0 Å². The molecule has 0 radical (unpaired) electrons. The standard InChI is InChI=1S/C28H28N2O5/c1-3-4-15-35-23-9-5-8-21(16-23)26(31)24-25(20-10-12-22(34-2)13-11-20)30(28(33)27(24)32)18-19-7-6-14-29-17-19/h5-14,16-17,25,31H,3-4,15,18H2,1-2H3/b26-24+. The summed E-state index contributed by atoms with van der Waals surface area (Å²) in [6.07, 6.45) is 5.21. The highest BCUT2D eigenvalue weighted by Crippen LogP contribution is 2.41. The summed E-state index contributed by atoms with van der Waals surface area (Å²) in [5.41, 5.74) is 1.91. The number of carbonyl (C=O) groups excluding carboxylic acids is 2. The Bertz CT molecular complexity index is 1220. The highest BCUT2D eigenvalue weighted by molar-refractivity contribution is 6.46. The van der Waals surface area contributed by atoms with Crippen LogP contribution in [0, 0.1) is 0 Å². The van der Waals surface area contributed by atoms with Crippen LogP contribution in [0.4, 0.5) is 0 Å². The van der Waals surface area contributed by atoms with Crippen molar-refractivity contribution in [2.75, 3.05) is 13.7 Å². The SMILES string of the molecule is CCCCOc1cccc(/C(O)=C2\C(=O)C(=O)N(Cc3cccnc3)C2c2ccc(OC)cc2)c1. The molecule has 180 valence electrons. The van der Waals surface area contributed by atoms with Gasteiger partial charge in [0.15, 0.2) is 0 Å².